The summed E-state index contributed by atoms with van der Waals surface area (Å²) in [4.78, 5) is 12.0. The molecule has 0 aromatic heterocycles. The van der Waals surface area contributed by atoms with Gasteiger partial charge in [-0.3, -0.25) is 4.79 Å². The highest BCUT2D eigenvalue weighted by atomic mass is 16.5. The van der Waals surface area contributed by atoms with E-state index >= 15 is 0 Å². The summed E-state index contributed by atoms with van der Waals surface area (Å²) in [5.41, 5.74) is -2.12. The Morgan fingerprint density at radius 3 is 2.41 bits per heavy atom. The van der Waals surface area contributed by atoms with Gasteiger partial charge in [0.15, 0.2) is 0 Å². The fraction of sp³-hybridized carbons (Fsp3) is 0.923. The lowest BCUT2D eigenvalue weighted by molar-refractivity contribution is -0.182. The lowest BCUT2D eigenvalue weighted by atomic mass is 9.55. The van der Waals surface area contributed by atoms with Gasteiger partial charge in [-0.05, 0) is 32.1 Å². The van der Waals surface area contributed by atoms with E-state index in [1.807, 2.05) is 20.8 Å². The molecule has 2 saturated carbocycles. The van der Waals surface area contributed by atoms with Crippen LogP contribution in [0.4, 0.5) is 0 Å². The Kier molecular flexibility index (Phi) is 2.61. The van der Waals surface area contributed by atoms with Gasteiger partial charge in [-0.15, -0.1) is 0 Å². The third-order valence-corrected chi connectivity index (χ3v) is 5.44. The molecule has 0 aliphatic heterocycles. The average molecular weight is 242 g/mol. The molecular formula is C13H22O4. The first kappa shape index (κ1) is 12.8. The smallest absolute Gasteiger partial charge is 0.311 e. The molecule has 0 spiro atoms. The molecule has 1 unspecified atom stereocenters. The maximum Gasteiger partial charge on any atom is 0.311 e. The number of esters is 1. The van der Waals surface area contributed by atoms with Crippen molar-refractivity contribution in [2.45, 2.75) is 51.7 Å². The maximum absolute atomic E-state index is 12.0. The Balaban J connectivity index is 2.44. The van der Waals surface area contributed by atoms with Crippen LogP contribution < -0.4 is 0 Å². The highest BCUT2D eigenvalue weighted by Gasteiger charge is 2.68. The van der Waals surface area contributed by atoms with Gasteiger partial charge in [0.1, 0.15) is 0 Å². The molecule has 98 valence electrons. The second-order valence-electron chi connectivity index (χ2n) is 6.36. The zero-order chi connectivity index (χ0) is 13.1. The topological polar surface area (TPSA) is 66.8 Å². The number of aliphatic hydroxyl groups is 2. The number of carbonyl (C=O) groups is 1. The second kappa shape index (κ2) is 3.45. The molecule has 17 heavy (non-hydrogen) atoms. The first-order chi connectivity index (χ1) is 7.70. The normalized spacial score (nSPS) is 47.9. The van der Waals surface area contributed by atoms with Crippen LogP contribution in [0.3, 0.4) is 0 Å². The van der Waals surface area contributed by atoms with Crippen LogP contribution in [-0.4, -0.2) is 35.0 Å². The van der Waals surface area contributed by atoms with Crippen molar-refractivity contribution in [3.8, 4) is 0 Å². The number of hydrogen-bond donors (Lipinski definition) is 2. The lowest BCUT2D eigenvalue weighted by Gasteiger charge is -2.51. The zero-order valence-electron chi connectivity index (χ0n) is 11.0. The molecule has 4 heteroatoms. The van der Waals surface area contributed by atoms with Crippen LogP contribution >= 0.6 is 0 Å². The molecule has 0 saturated heterocycles. The minimum absolute atomic E-state index is 0.0452. The van der Waals surface area contributed by atoms with Crippen molar-refractivity contribution < 1.29 is 19.7 Å². The Labute approximate surface area is 102 Å². The first-order valence-corrected chi connectivity index (χ1v) is 6.19. The Bertz CT molecular complexity index is 351. The summed E-state index contributed by atoms with van der Waals surface area (Å²) in [5.74, 6) is -0.275. The van der Waals surface area contributed by atoms with E-state index in [0.717, 1.165) is 0 Å². The molecule has 0 aromatic carbocycles. The van der Waals surface area contributed by atoms with E-state index in [-0.39, 0.29) is 11.9 Å². The number of rotatable bonds is 1. The summed E-state index contributed by atoms with van der Waals surface area (Å²) in [6.07, 6.45) is 0.744. The van der Waals surface area contributed by atoms with Gasteiger partial charge in [-0.1, -0.05) is 13.8 Å². The number of carbonyl (C=O) groups excluding carboxylic acids is 1. The van der Waals surface area contributed by atoms with Crippen molar-refractivity contribution in [3.63, 3.8) is 0 Å². The molecule has 0 amide bonds. The van der Waals surface area contributed by atoms with Gasteiger partial charge in [0.2, 0.25) is 0 Å². The van der Waals surface area contributed by atoms with Crippen LogP contribution in [0.15, 0.2) is 0 Å². The summed E-state index contributed by atoms with van der Waals surface area (Å²) in [5, 5.41) is 20.7. The predicted octanol–water partition coefficient (Wildman–Crippen LogP) is 1.10. The molecule has 2 aliphatic rings. The Hall–Kier alpha value is -0.610. The summed E-state index contributed by atoms with van der Waals surface area (Å²) >= 11 is 0. The third-order valence-electron chi connectivity index (χ3n) is 5.44. The number of fused-ring (bicyclic) bond motifs is 2. The number of ether oxygens (including phenoxy) is 1. The standard InChI is InChI=1S/C13H22O4/c1-11(2)8-7-9(14)13(11,16)6-5-12(8,3)10(15)17-4/h8-9,14,16H,5-7H2,1-4H3/t8-,9?,12+,13-/m1/s1. The first-order valence-electron chi connectivity index (χ1n) is 6.19. The molecule has 0 heterocycles. The van der Waals surface area contributed by atoms with Crippen molar-refractivity contribution in [1.29, 1.82) is 0 Å². The molecule has 2 bridgehead atoms. The molecule has 2 aliphatic carbocycles. The molecular weight excluding hydrogens is 220 g/mol. The predicted molar refractivity (Wildman–Crippen MR) is 62.2 cm³/mol. The van der Waals surface area contributed by atoms with Crippen molar-refractivity contribution in [2.75, 3.05) is 7.11 Å². The van der Waals surface area contributed by atoms with E-state index in [1.165, 1.54) is 7.11 Å². The van der Waals surface area contributed by atoms with Crippen LogP contribution in [0.25, 0.3) is 0 Å². The highest BCUT2D eigenvalue weighted by Crippen LogP contribution is 2.64. The van der Waals surface area contributed by atoms with Gasteiger partial charge in [0.05, 0.1) is 24.2 Å². The van der Waals surface area contributed by atoms with Gasteiger partial charge in [0.25, 0.3) is 0 Å². The van der Waals surface area contributed by atoms with Crippen molar-refractivity contribution in [2.24, 2.45) is 16.7 Å². The zero-order valence-corrected chi connectivity index (χ0v) is 11.0. The fourth-order valence-electron chi connectivity index (χ4n) is 4.09. The second-order valence-corrected chi connectivity index (χ2v) is 6.36. The Morgan fingerprint density at radius 2 is 1.88 bits per heavy atom. The average Bonchev–Trinajstić information content (AvgIpc) is 2.38. The minimum atomic E-state index is -1.06. The molecule has 4 nitrogen and oxygen atoms in total. The molecule has 2 N–H and O–H groups in total. The summed E-state index contributed by atoms with van der Waals surface area (Å²) in [7, 11) is 1.40. The highest BCUT2D eigenvalue weighted by molar-refractivity contribution is 5.77. The summed E-state index contributed by atoms with van der Waals surface area (Å²) in [6.45, 7) is 5.77. The van der Waals surface area contributed by atoms with Crippen LogP contribution in [-0.2, 0) is 9.53 Å². The van der Waals surface area contributed by atoms with E-state index in [0.29, 0.717) is 19.3 Å². The van der Waals surface area contributed by atoms with E-state index < -0.39 is 22.5 Å². The summed E-state index contributed by atoms with van der Waals surface area (Å²) in [6, 6.07) is 0. The minimum Gasteiger partial charge on any atom is -0.469 e. The molecule has 2 rings (SSSR count). The van der Waals surface area contributed by atoms with Crippen LogP contribution in [0.2, 0.25) is 0 Å². The quantitative estimate of drug-likeness (QED) is 0.676. The van der Waals surface area contributed by atoms with Crippen molar-refractivity contribution >= 4 is 5.97 Å². The van der Waals surface area contributed by atoms with Crippen molar-refractivity contribution in [1.82, 2.24) is 0 Å². The summed E-state index contributed by atoms with van der Waals surface area (Å²) < 4.78 is 4.90. The number of aliphatic hydroxyl groups excluding tert-OH is 1. The molecule has 2 fully saturated rings. The van der Waals surface area contributed by atoms with Gasteiger partial charge >= 0.3 is 5.97 Å². The van der Waals surface area contributed by atoms with Crippen LogP contribution in [0, 0.1) is 16.7 Å². The van der Waals surface area contributed by atoms with Crippen LogP contribution in [0.5, 0.6) is 0 Å². The van der Waals surface area contributed by atoms with E-state index in [2.05, 4.69) is 0 Å². The van der Waals surface area contributed by atoms with Gasteiger partial charge in [-0.25, -0.2) is 0 Å². The molecule has 0 aromatic rings. The SMILES string of the molecule is COC(=O)[C@@]1(C)CC[C@@]2(O)C(O)C[C@@H]1C2(C)C. The molecule has 4 atom stereocenters. The monoisotopic (exact) mass is 242 g/mol. The van der Waals surface area contributed by atoms with Gasteiger partial charge in [-0.2, -0.15) is 0 Å². The number of methoxy groups -OCH3 is 1. The van der Waals surface area contributed by atoms with Crippen molar-refractivity contribution in [3.05, 3.63) is 0 Å². The van der Waals surface area contributed by atoms with E-state index in [1.54, 1.807) is 0 Å². The van der Waals surface area contributed by atoms with Crippen LogP contribution in [0.1, 0.15) is 40.0 Å². The van der Waals surface area contributed by atoms with E-state index in [4.69, 9.17) is 4.74 Å². The third kappa shape index (κ3) is 1.34. The Morgan fingerprint density at radius 1 is 1.29 bits per heavy atom. The molecule has 0 radical (unpaired) electrons. The number of hydrogen-bond acceptors (Lipinski definition) is 4. The lowest BCUT2D eigenvalue weighted by Crippen LogP contribution is -2.57. The maximum atomic E-state index is 12.0. The largest absolute Gasteiger partial charge is 0.469 e. The van der Waals surface area contributed by atoms with E-state index in [9.17, 15) is 15.0 Å². The van der Waals surface area contributed by atoms with Gasteiger partial charge in [0, 0.05) is 5.41 Å². The van der Waals surface area contributed by atoms with Gasteiger partial charge < -0.3 is 14.9 Å². The fourth-order valence-corrected chi connectivity index (χ4v) is 4.09.